The number of sulfonamides is 1. The minimum absolute atomic E-state index is 0.0219. The van der Waals surface area contributed by atoms with Gasteiger partial charge in [-0.3, -0.25) is 9.59 Å². The number of nitrogens with zero attached hydrogens (tertiary/aromatic N) is 1. The molecule has 1 aromatic carbocycles. The summed E-state index contributed by atoms with van der Waals surface area (Å²) in [7, 11) is -0.799. The van der Waals surface area contributed by atoms with Crippen LogP contribution >= 0.6 is 0 Å². The van der Waals surface area contributed by atoms with Crippen molar-refractivity contribution in [1.29, 1.82) is 0 Å². The minimum Gasteiger partial charge on any atom is -0.345 e. The fourth-order valence-corrected chi connectivity index (χ4v) is 2.80. The number of hydrogen-bond acceptors (Lipinski definition) is 4. The van der Waals surface area contributed by atoms with Crippen molar-refractivity contribution in [3.63, 3.8) is 0 Å². The van der Waals surface area contributed by atoms with Crippen LogP contribution in [0, 0.1) is 0 Å². The lowest BCUT2D eigenvalue weighted by Crippen LogP contribution is -2.33. The quantitative estimate of drug-likeness (QED) is 0.696. The molecule has 9 heteroatoms. The molecule has 0 aliphatic heterocycles. The molecule has 0 saturated carbocycles. The number of anilines is 1. The van der Waals surface area contributed by atoms with Gasteiger partial charge in [0.05, 0.1) is 6.54 Å². The van der Waals surface area contributed by atoms with Crippen LogP contribution in [0.2, 0.25) is 0 Å². The van der Waals surface area contributed by atoms with Crippen molar-refractivity contribution < 1.29 is 18.0 Å². The first-order chi connectivity index (χ1) is 11.3. The van der Waals surface area contributed by atoms with Gasteiger partial charge in [-0.15, -0.1) is 0 Å². The minimum atomic E-state index is -3.64. The maximum absolute atomic E-state index is 12.1. The number of para-hydroxylation sites is 1. The molecule has 0 atom stereocenters. The third kappa shape index (κ3) is 4.21. The number of carbonyl (C=O) groups excluding carboxylic acids is 2. The highest BCUT2D eigenvalue weighted by Crippen LogP contribution is 2.13. The third-order valence-electron chi connectivity index (χ3n) is 3.26. The first-order valence-corrected chi connectivity index (χ1v) is 8.55. The molecule has 0 bridgehead atoms. The van der Waals surface area contributed by atoms with Gasteiger partial charge in [0.25, 0.3) is 5.91 Å². The van der Waals surface area contributed by atoms with Crippen LogP contribution in [0.5, 0.6) is 0 Å². The lowest BCUT2D eigenvalue weighted by Gasteiger charge is -2.07. The molecule has 2 aromatic rings. The van der Waals surface area contributed by atoms with Crippen molar-refractivity contribution in [2.24, 2.45) is 7.05 Å². The van der Waals surface area contributed by atoms with E-state index in [0.29, 0.717) is 5.69 Å². The molecule has 2 rings (SSSR count). The van der Waals surface area contributed by atoms with Crippen molar-refractivity contribution in [3.8, 4) is 0 Å². The van der Waals surface area contributed by atoms with Gasteiger partial charge >= 0.3 is 0 Å². The van der Waals surface area contributed by atoms with Crippen LogP contribution in [0.25, 0.3) is 0 Å². The Labute approximate surface area is 139 Å². The second-order valence-corrected chi connectivity index (χ2v) is 6.86. The van der Waals surface area contributed by atoms with Gasteiger partial charge in [-0.1, -0.05) is 18.2 Å². The zero-order valence-corrected chi connectivity index (χ0v) is 14.1. The Morgan fingerprint density at radius 3 is 2.46 bits per heavy atom. The molecule has 0 aliphatic carbocycles. The smallest absolute Gasteiger partial charge is 0.268 e. The van der Waals surface area contributed by atoms with E-state index < -0.39 is 15.9 Å². The highest BCUT2D eigenvalue weighted by Gasteiger charge is 2.19. The van der Waals surface area contributed by atoms with Crippen LogP contribution in [0.4, 0.5) is 5.69 Å². The average Bonchev–Trinajstić information content (AvgIpc) is 2.96. The second-order valence-electron chi connectivity index (χ2n) is 4.98. The van der Waals surface area contributed by atoms with E-state index in [1.165, 1.54) is 23.9 Å². The zero-order valence-electron chi connectivity index (χ0n) is 13.2. The summed E-state index contributed by atoms with van der Waals surface area (Å²) < 4.78 is 27.0. The van der Waals surface area contributed by atoms with Gasteiger partial charge in [-0.2, -0.15) is 0 Å². The van der Waals surface area contributed by atoms with Crippen LogP contribution in [0.15, 0.2) is 47.5 Å². The Morgan fingerprint density at radius 2 is 1.83 bits per heavy atom. The van der Waals surface area contributed by atoms with E-state index in [2.05, 4.69) is 15.4 Å². The highest BCUT2D eigenvalue weighted by molar-refractivity contribution is 7.89. The first kappa shape index (κ1) is 17.7. The van der Waals surface area contributed by atoms with E-state index in [0.717, 1.165) is 0 Å². The maximum Gasteiger partial charge on any atom is 0.268 e. The fraction of sp³-hybridized carbons (Fsp3) is 0.200. The van der Waals surface area contributed by atoms with Gasteiger partial charge in [0, 0.05) is 18.9 Å². The molecule has 8 nitrogen and oxygen atoms in total. The van der Waals surface area contributed by atoms with Crippen LogP contribution in [-0.4, -0.2) is 38.4 Å². The number of aryl methyl sites for hydroxylation is 1. The molecule has 3 N–H and O–H groups in total. The first-order valence-electron chi connectivity index (χ1n) is 7.06. The van der Waals surface area contributed by atoms with Gasteiger partial charge in [-0.05, 0) is 25.2 Å². The van der Waals surface area contributed by atoms with Crippen LogP contribution in [0.1, 0.15) is 10.5 Å². The summed E-state index contributed by atoms with van der Waals surface area (Å²) in [5, 5.41) is 5.09. The number of aromatic nitrogens is 1. The Bertz CT molecular complexity index is 844. The Hall–Kier alpha value is -2.65. The van der Waals surface area contributed by atoms with E-state index in [4.69, 9.17) is 0 Å². The summed E-state index contributed by atoms with van der Waals surface area (Å²) in [6, 6.07) is 10.1. The highest BCUT2D eigenvalue weighted by atomic mass is 32.2. The molecule has 2 amide bonds. The monoisotopic (exact) mass is 350 g/mol. The Morgan fingerprint density at radius 1 is 1.17 bits per heavy atom. The number of carbonyl (C=O) groups is 2. The van der Waals surface area contributed by atoms with E-state index in [1.54, 1.807) is 31.3 Å². The Kier molecular flexibility index (Phi) is 5.37. The molecule has 0 unspecified atom stereocenters. The number of rotatable bonds is 6. The Balaban J connectivity index is 1.99. The van der Waals surface area contributed by atoms with Crippen molar-refractivity contribution in [1.82, 2.24) is 14.6 Å². The lowest BCUT2D eigenvalue weighted by atomic mass is 10.3. The molecule has 1 heterocycles. The molecule has 128 valence electrons. The van der Waals surface area contributed by atoms with Crippen molar-refractivity contribution in [2.75, 3.05) is 18.9 Å². The van der Waals surface area contributed by atoms with Crippen LogP contribution < -0.4 is 15.4 Å². The van der Waals surface area contributed by atoms with Crippen LogP contribution in [0.3, 0.4) is 0 Å². The SMILES string of the molecule is CNS(=O)(=O)c1cc(C(=O)NCC(=O)Nc2ccccc2)n(C)c1. The fourth-order valence-electron chi connectivity index (χ4n) is 2.00. The standard InChI is InChI=1S/C15H18N4O4S/c1-16-24(22,23)12-8-13(19(2)10-12)15(21)17-9-14(20)18-11-6-4-3-5-7-11/h3-8,10,16H,9H2,1-2H3,(H,17,21)(H,18,20). The molecule has 0 aliphatic rings. The summed E-state index contributed by atoms with van der Waals surface area (Å²) in [4.78, 5) is 23.9. The largest absolute Gasteiger partial charge is 0.345 e. The third-order valence-corrected chi connectivity index (χ3v) is 4.64. The average molecular weight is 350 g/mol. The summed E-state index contributed by atoms with van der Waals surface area (Å²) in [6.07, 6.45) is 1.32. The molecule has 0 spiro atoms. The molecule has 0 saturated heterocycles. The van der Waals surface area contributed by atoms with E-state index in [-0.39, 0.29) is 23.0 Å². The molecule has 0 radical (unpaired) electrons. The summed E-state index contributed by atoms with van der Waals surface area (Å²) in [5.41, 5.74) is 0.759. The number of amides is 2. The van der Waals surface area contributed by atoms with Crippen molar-refractivity contribution in [2.45, 2.75) is 4.90 Å². The summed E-state index contributed by atoms with van der Waals surface area (Å²) in [6.45, 7) is -0.229. The second kappa shape index (κ2) is 7.28. The zero-order chi connectivity index (χ0) is 17.7. The van der Waals surface area contributed by atoms with Crippen molar-refractivity contribution in [3.05, 3.63) is 48.3 Å². The van der Waals surface area contributed by atoms with Crippen LogP contribution in [-0.2, 0) is 21.9 Å². The number of benzene rings is 1. The van der Waals surface area contributed by atoms with E-state index >= 15 is 0 Å². The van der Waals surface area contributed by atoms with E-state index in [1.807, 2.05) is 6.07 Å². The van der Waals surface area contributed by atoms with Crippen molar-refractivity contribution >= 4 is 27.5 Å². The van der Waals surface area contributed by atoms with Gasteiger partial charge in [0.15, 0.2) is 0 Å². The van der Waals surface area contributed by atoms with Gasteiger partial charge < -0.3 is 15.2 Å². The molecule has 0 fully saturated rings. The molecular formula is C15H18N4O4S. The normalized spacial score (nSPS) is 11.1. The lowest BCUT2D eigenvalue weighted by molar-refractivity contribution is -0.115. The summed E-state index contributed by atoms with van der Waals surface area (Å²) in [5.74, 6) is -0.926. The van der Waals surface area contributed by atoms with E-state index in [9.17, 15) is 18.0 Å². The van der Waals surface area contributed by atoms with Gasteiger partial charge in [-0.25, -0.2) is 13.1 Å². The molecular weight excluding hydrogens is 332 g/mol. The van der Waals surface area contributed by atoms with Gasteiger partial charge in [0.2, 0.25) is 15.9 Å². The molecule has 24 heavy (non-hydrogen) atoms. The molecule has 1 aromatic heterocycles. The predicted molar refractivity (Wildman–Crippen MR) is 89.1 cm³/mol. The number of nitrogens with one attached hydrogen (secondary N) is 3. The number of hydrogen-bond donors (Lipinski definition) is 3. The predicted octanol–water partition coefficient (Wildman–Crippen LogP) is 0.302. The maximum atomic E-state index is 12.1. The summed E-state index contributed by atoms with van der Waals surface area (Å²) >= 11 is 0. The topological polar surface area (TPSA) is 109 Å². The van der Waals surface area contributed by atoms with Gasteiger partial charge in [0.1, 0.15) is 10.6 Å².